The fraction of sp³-hybridized carbons (Fsp3) is 0.500. The summed E-state index contributed by atoms with van der Waals surface area (Å²) in [6, 6.07) is 5.93. The van der Waals surface area contributed by atoms with Crippen molar-refractivity contribution in [1.82, 2.24) is 0 Å². The molecular formula is C14H22ClN3. The normalized spacial score (nSPS) is 11.1. The number of halogens is 1. The Morgan fingerprint density at radius 3 is 2.33 bits per heavy atom. The van der Waals surface area contributed by atoms with Gasteiger partial charge in [-0.1, -0.05) is 25.4 Å². The van der Waals surface area contributed by atoms with E-state index in [1.807, 2.05) is 12.1 Å². The van der Waals surface area contributed by atoms with E-state index in [2.05, 4.69) is 32.6 Å². The average Bonchev–Trinajstić information content (AvgIpc) is 2.25. The van der Waals surface area contributed by atoms with E-state index in [-0.39, 0.29) is 5.84 Å². The maximum atomic E-state index is 7.41. The van der Waals surface area contributed by atoms with E-state index in [1.165, 1.54) is 0 Å². The zero-order chi connectivity index (χ0) is 13.9. The summed E-state index contributed by atoms with van der Waals surface area (Å²) < 4.78 is 0. The predicted octanol–water partition coefficient (Wildman–Crippen LogP) is 3.49. The molecule has 0 aliphatic heterocycles. The molecule has 0 spiro atoms. The van der Waals surface area contributed by atoms with Crippen LogP contribution in [0.5, 0.6) is 0 Å². The fourth-order valence-corrected chi connectivity index (χ4v) is 2.18. The van der Waals surface area contributed by atoms with Gasteiger partial charge in [0.2, 0.25) is 0 Å². The van der Waals surface area contributed by atoms with E-state index < -0.39 is 0 Å². The van der Waals surface area contributed by atoms with Gasteiger partial charge in [-0.05, 0) is 38.0 Å². The lowest BCUT2D eigenvalue weighted by molar-refractivity contribution is 0.571. The highest BCUT2D eigenvalue weighted by molar-refractivity contribution is 6.33. The standard InChI is InChI=1S/C14H22ClN3/c1-9(2)8-18(10(3)4)13-6-5-11(14(16)17)7-12(13)15/h5-7,9-10H,8H2,1-4H3,(H3,16,17). The molecule has 0 bridgehead atoms. The molecule has 0 unspecified atom stereocenters. The van der Waals surface area contributed by atoms with Gasteiger partial charge < -0.3 is 10.6 Å². The van der Waals surface area contributed by atoms with Crippen LogP contribution in [-0.2, 0) is 0 Å². The molecule has 0 aliphatic rings. The van der Waals surface area contributed by atoms with E-state index in [9.17, 15) is 0 Å². The van der Waals surface area contributed by atoms with Crippen LogP contribution in [0.4, 0.5) is 5.69 Å². The molecule has 0 saturated carbocycles. The van der Waals surface area contributed by atoms with Gasteiger partial charge in [0.15, 0.2) is 0 Å². The van der Waals surface area contributed by atoms with Crippen LogP contribution < -0.4 is 10.6 Å². The van der Waals surface area contributed by atoms with E-state index in [4.69, 9.17) is 22.7 Å². The van der Waals surface area contributed by atoms with E-state index in [0.29, 0.717) is 22.5 Å². The molecule has 0 fully saturated rings. The summed E-state index contributed by atoms with van der Waals surface area (Å²) in [6.07, 6.45) is 0. The van der Waals surface area contributed by atoms with Gasteiger partial charge in [0.05, 0.1) is 10.7 Å². The summed E-state index contributed by atoms with van der Waals surface area (Å²) in [4.78, 5) is 2.27. The van der Waals surface area contributed by atoms with Crippen LogP contribution in [0.15, 0.2) is 18.2 Å². The maximum absolute atomic E-state index is 7.41. The molecule has 0 heterocycles. The molecule has 4 heteroatoms. The lowest BCUT2D eigenvalue weighted by Crippen LogP contribution is -2.34. The quantitative estimate of drug-likeness (QED) is 0.634. The fourth-order valence-electron chi connectivity index (χ4n) is 1.89. The van der Waals surface area contributed by atoms with Gasteiger partial charge in [-0.25, -0.2) is 0 Å². The summed E-state index contributed by atoms with van der Waals surface area (Å²) in [5.74, 6) is 0.611. The lowest BCUT2D eigenvalue weighted by Gasteiger charge is -2.31. The Kier molecular flexibility index (Phi) is 5.03. The highest BCUT2D eigenvalue weighted by Crippen LogP contribution is 2.29. The van der Waals surface area contributed by atoms with Crippen molar-refractivity contribution < 1.29 is 0 Å². The number of anilines is 1. The van der Waals surface area contributed by atoms with Crippen molar-refractivity contribution in [3.05, 3.63) is 28.8 Å². The second-order valence-corrected chi connectivity index (χ2v) is 5.63. The molecule has 0 amide bonds. The van der Waals surface area contributed by atoms with Crippen molar-refractivity contribution in [1.29, 1.82) is 5.41 Å². The Bertz CT molecular complexity index is 427. The van der Waals surface area contributed by atoms with Gasteiger partial charge in [-0.15, -0.1) is 0 Å². The van der Waals surface area contributed by atoms with E-state index >= 15 is 0 Å². The Balaban J connectivity index is 3.09. The summed E-state index contributed by atoms with van der Waals surface area (Å²) in [6.45, 7) is 9.63. The van der Waals surface area contributed by atoms with Gasteiger partial charge in [0.25, 0.3) is 0 Å². The van der Waals surface area contributed by atoms with Crippen LogP contribution in [-0.4, -0.2) is 18.4 Å². The molecule has 3 nitrogen and oxygen atoms in total. The smallest absolute Gasteiger partial charge is 0.122 e. The summed E-state index contributed by atoms with van der Waals surface area (Å²) in [5.41, 5.74) is 7.13. The first-order valence-electron chi connectivity index (χ1n) is 6.23. The molecule has 1 aromatic carbocycles. The topological polar surface area (TPSA) is 53.1 Å². The molecule has 1 rings (SSSR count). The molecule has 100 valence electrons. The molecule has 3 N–H and O–H groups in total. The summed E-state index contributed by atoms with van der Waals surface area (Å²) in [5, 5.41) is 8.06. The molecule has 0 aromatic heterocycles. The highest BCUT2D eigenvalue weighted by atomic mass is 35.5. The second-order valence-electron chi connectivity index (χ2n) is 5.22. The zero-order valence-corrected chi connectivity index (χ0v) is 12.3. The molecule has 0 aliphatic carbocycles. The molecule has 18 heavy (non-hydrogen) atoms. The van der Waals surface area contributed by atoms with Crippen molar-refractivity contribution in [2.24, 2.45) is 11.7 Å². The lowest BCUT2D eigenvalue weighted by atomic mass is 10.1. The van der Waals surface area contributed by atoms with Crippen LogP contribution in [0.2, 0.25) is 5.02 Å². The first-order valence-corrected chi connectivity index (χ1v) is 6.61. The Hall–Kier alpha value is -1.22. The van der Waals surface area contributed by atoms with Crippen LogP contribution >= 0.6 is 11.6 Å². The summed E-state index contributed by atoms with van der Waals surface area (Å²) in [7, 11) is 0. The monoisotopic (exact) mass is 267 g/mol. The van der Waals surface area contributed by atoms with E-state index in [0.717, 1.165) is 12.2 Å². The number of nitrogens with one attached hydrogen (secondary N) is 1. The second kappa shape index (κ2) is 6.10. The number of amidine groups is 1. The third kappa shape index (κ3) is 3.64. The van der Waals surface area contributed by atoms with Gasteiger partial charge in [0.1, 0.15) is 5.84 Å². The number of benzene rings is 1. The third-order valence-electron chi connectivity index (χ3n) is 2.75. The van der Waals surface area contributed by atoms with Crippen molar-refractivity contribution in [3.8, 4) is 0 Å². The van der Waals surface area contributed by atoms with Gasteiger partial charge in [0, 0.05) is 18.2 Å². The van der Waals surface area contributed by atoms with Crippen LogP contribution in [0, 0.1) is 11.3 Å². The molecular weight excluding hydrogens is 246 g/mol. The van der Waals surface area contributed by atoms with Crippen molar-refractivity contribution in [2.45, 2.75) is 33.7 Å². The average molecular weight is 268 g/mol. The molecule has 0 radical (unpaired) electrons. The number of rotatable bonds is 5. The van der Waals surface area contributed by atoms with Crippen LogP contribution in [0.25, 0.3) is 0 Å². The van der Waals surface area contributed by atoms with Crippen LogP contribution in [0.1, 0.15) is 33.3 Å². The number of nitrogen functional groups attached to an aromatic ring is 1. The minimum Gasteiger partial charge on any atom is -0.384 e. The number of hydrogen-bond donors (Lipinski definition) is 2. The SMILES string of the molecule is CC(C)CN(c1ccc(C(=N)N)cc1Cl)C(C)C. The van der Waals surface area contributed by atoms with E-state index in [1.54, 1.807) is 6.07 Å². The first-order chi connectivity index (χ1) is 8.32. The van der Waals surface area contributed by atoms with Crippen molar-refractivity contribution in [2.75, 3.05) is 11.4 Å². The largest absolute Gasteiger partial charge is 0.384 e. The highest BCUT2D eigenvalue weighted by Gasteiger charge is 2.15. The minimum absolute atomic E-state index is 0.0448. The number of nitrogens with zero attached hydrogens (tertiary/aromatic N) is 1. The van der Waals surface area contributed by atoms with Crippen molar-refractivity contribution in [3.63, 3.8) is 0 Å². The van der Waals surface area contributed by atoms with Gasteiger partial charge in [-0.3, -0.25) is 5.41 Å². The third-order valence-corrected chi connectivity index (χ3v) is 3.06. The predicted molar refractivity (Wildman–Crippen MR) is 79.8 cm³/mol. The molecule has 0 saturated heterocycles. The maximum Gasteiger partial charge on any atom is 0.122 e. The molecule has 1 aromatic rings. The zero-order valence-electron chi connectivity index (χ0n) is 11.5. The number of nitrogens with two attached hydrogens (primary N) is 1. The Morgan fingerprint density at radius 1 is 1.33 bits per heavy atom. The van der Waals surface area contributed by atoms with Gasteiger partial charge in [-0.2, -0.15) is 0 Å². The molecule has 0 atom stereocenters. The number of hydrogen-bond acceptors (Lipinski definition) is 2. The minimum atomic E-state index is 0.0448. The van der Waals surface area contributed by atoms with Gasteiger partial charge >= 0.3 is 0 Å². The van der Waals surface area contributed by atoms with Crippen molar-refractivity contribution >= 4 is 23.1 Å². The first kappa shape index (κ1) is 14.8. The summed E-state index contributed by atoms with van der Waals surface area (Å²) >= 11 is 6.30. The Labute approximate surface area is 114 Å². The Morgan fingerprint density at radius 2 is 1.94 bits per heavy atom. The van der Waals surface area contributed by atoms with Crippen LogP contribution in [0.3, 0.4) is 0 Å².